The maximum absolute atomic E-state index is 10.7. The van der Waals surface area contributed by atoms with E-state index >= 15 is 0 Å². The van der Waals surface area contributed by atoms with Crippen LogP contribution in [-0.4, -0.2) is 21.0 Å². The van der Waals surface area contributed by atoms with Crippen molar-refractivity contribution in [2.45, 2.75) is 31.6 Å². The highest BCUT2D eigenvalue weighted by Gasteiger charge is 2.30. The number of aliphatic carboxylic acids is 1. The van der Waals surface area contributed by atoms with Crippen LogP contribution in [-0.2, 0) is 11.2 Å². The summed E-state index contributed by atoms with van der Waals surface area (Å²) in [7, 11) is 0. The van der Waals surface area contributed by atoms with E-state index in [2.05, 4.69) is 9.97 Å². The molecule has 1 saturated carbocycles. The largest absolute Gasteiger partial charge is 0.481 e. The fourth-order valence-electron chi connectivity index (χ4n) is 2.04. The minimum atomic E-state index is -0.755. The van der Waals surface area contributed by atoms with Gasteiger partial charge in [0.1, 0.15) is 5.01 Å². The van der Waals surface area contributed by atoms with Crippen molar-refractivity contribution in [3.8, 4) is 10.7 Å². The number of thiazole rings is 1. The summed E-state index contributed by atoms with van der Waals surface area (Å²) in [4.78, 5) is 20.8. The summed E-state index contributed by atoms with van der Waals surface area (Å²) in [6, 6.07) is 5.76. The van der Waals surface area contributed by atoms with E-state index in [4.69, 9.17) is 5.11 Å². The number of hydrogen-bond donors (Lipinski definition) is 1. The van der Waals surface area contributed by atoms with Crippen LogP contribution in [0.15, 0.2) is 24.4 Å². The van der Waals surface area contributed by atoms with Crippen molar-refractivity contribution < 1.29 is 9.90 Å². The van der Waals surface area contributed by atoms with Crippen molar-refractivity contribution in [1.82, 2.24) is 9.97 Å². The number of aryl methyl sites for hydroxylation is 1. The normalized spacial score (nSPS) is 14.5. The Hall–Kier alpha value is -1.75. The Labute approximate surface area is 115 Å². The Bertz CT molecular complexity index is 591. The van der Waals surface area contributed by atoms with Crippen molar-refractivity contribution >= 4 is 17.3 Å². The van der Waals surface area contributed by atoms with Crippen molar-refractivity contribution in [3.05, 3.63) is 35.0 Å². The summed E-state index contributed by atoms with van der Waals surface area (Å²) in [5.41, 5.74) is 1.97. The number of carboxylic acid groups (broad SMARTS) is 1. The van der Waals surface area contributed by atoms with Crippen LogP contribution in [0, 0.1) is 0 Å². The van der Waals surface area contributed by atoms with Crippen LogP contribution in [0.25, 0.3) is 10.7 Å². The van der Waals surface area contributed by atoms with E-state index in [1.807, 2.05) is 18.2 Å². The van der Waals surface area contributed by atoms with Crippen LogP contribution in [0.3, 0.4) is 0 Å². The van der Waals surface area contributed by atoms with Gasteiger partial charge >= 0.3 is 5.97 Å². The number of carboxylic acids is 1. The van der Waals surface area contributed by atoms with Crippen molar-refractivity contribution in [2.24, 2.45) is 0 Å². The zero-order valence-corrected chi connectivity index (χ0v) is 11.2. The monoisotopic (exact) mass is 274 g/mol. The Morgan fingerprint density at radius 3 is 2.89 bits per heavy atom. The minimum absolute atomic E-state index is 0.170. The molecule has 2 aromatic rings. The molecule has 0 unspecified atom stereocenters. The fraction of sp³-hybridized carbons (Fsp3) is 0.357. The molecule has 0 amide bonds. The maximum Gasteiger partial charge on any atom is 0.303 e. The second kappa shape index (κ2) is 5.09. The topological polar surface area (TPSA) is 63.1 Å². The minimum Gasteiger partial charge on any atom is -0.481 e. The van der Waals surface area contributed by atoms with E-state index < -0.39 is 5.97 Å². The van der Waals surface area contributed by atoms with Gasteiger partial charge in [-0.1, -0.05) is 6.07 Å². The molecule has 2 aromatic heterocycles. The third-order valence-corrected chi connectivity index (χ3v) is 4.29. The van der Waals surface area contributed by atoms with E-state index in [9.17, 15) is 4.79 Å². The standard InChI is InChI=1S/C14H14N2O2S/c17-12(18)7-6-11-13(9-4-5-9)16-14(19-11)10-3-1-2-8-15-10/h1-3,8-9H,4-7H2,(H,17,18). The number of pyridine rings is 1. The lowest BCUT2D eigenvalue weighted by Crippen LogP contribution is -1.98. The second-order valence-corrected chi connectivity index (χ2v) is 5.79. The van der Waals surface area contributed by atoms with Crippen LogP contribution < -0.4 is 0 Å². The first-order valence-electron chi connectivity index (χ1n) is 6.37. The molecule has 19 heavy (non-hydrogen) atoms. The first-order valence-corrected chi connectivity index (χ1v) is 7.18. The molecule has 5 heteroatoms. The van der Waals surface area contributed by atoms with Crippen LogP contribution in [0.1, 0.15) is 35.8 Å². The Morgan fingerprint density at radius 2 is 2.26 bits per heavy atom. The van der Waals surface area contributed by atoms with Gasteiger partial charge in [0.25, 0.3) is 0 Å². The highest BCUT2D eigenvalue weighted by Crippen LogP contribution is 2.44. The molecule has 0 bridgehead atoms. The molecule has 3 rings (SSSR count). The van der Waals surface area contributed by atoms with Crippen molar-refractivity contribution in [2.75, 3.05) is 0 Å². The van der Waals surface area contributed by atoms with Gasteiger partial charge in [-0.2, -0.15) is 0 Å². The van der Waals surface area contributed by atoms with E-state index in [0.717, 1.165) is 21.3 Å². The second-order valence-electron chi connectivity index (χ2n) is 4.71. The van der Waals surface area contributed by atoms with Gasteiger partial charge in [0.15, 0.2) is 0 Å². The van der Waals surface area contributed by atoms with Gasteiger partial charge in [-0.3, -0.25) is 9.78 Å². The average molecular weight is 274 g/mol. The van der Waals surface area contributed by atoms with Gasteiger partial charge in [0, 0.05) is 17.0 Å². The lowest BCUT2D eigenvalue weighted by Gasteiger charge is -1.97. The SMILES string of the molecule is O=C(O)CCc1sc(-c2ccccn2)nc1C1CC1. The molecule has 1 aliphatic carbocycles. The van der Waals surface area contributed by atoms with Gasteiger partial charge in [-0.05, 0) is 31.4 Å². The molecule has 1 fully saturated rings. The summed E-state index contributed by atoms with van der Waals surface area (Å²) < 4.78 is 0. The summed E-state index contributed by atoms with van der Waals surface area (Å²) in [6.07, 6.45) is 4.84. The number of nitrogens with zero attached hydrogens (tertiary/aromatic N) is 2. The lowest BCUT2D eigenvalue weighted by atomic mass is 10.2. The lowest BCUT2D eigenvalue weighted by molar-refractivity contribution is -0.136. The van der Waals surface area contributed by atoms with Crippen LogP contribution in [0.5, 0.6) is 0 Å². The van der Waals surface area contributed by atoms with E-state index in [-0.39, 0.29) is 6.42 Å². The summed E-state index contributed by atoms with van der Waals surface area (Å²) in [6.45, 7) is 0. The Balaban J connectivity index is 1.90. The summed E-state index contributed by atoms with van der Waals surface area (Å²) >= 11 is 1.59. The van der Waals surface area contributed by atoms with Crippen molar-refractivity contribution in [3.63, 3.8) is 0 Å². The number of rotatable bonds is 5. The zero-order chi connectivity index (χ0) is 13.2. The van der Waals surface area contributed by atoms with E-state index in [0.29, 0.717) is 12.3 Å². The number of carbonyl (C=O) groups is 1. The molecule has 0 radical (unpaired) electrons. The number of aromatic nitrogens is 2. The number of hydrogen-bond acceptors (Lipinski definition) is 4. The molecule has 0 saturated heterocycles. The fourth-order valence-corrected chi connectivity index (χ4v) is 3.16. The van der Waals surface area contributed by atoms with Crippen molar-refractivity contribution in [1.29, 1.82) is 0 Å². The van der Waals surface area contributed by atoms with Crippen LogP contribution in [0.2, 0.25) is 0 Å². The van der Waals surface area contributed by atoms with E-state index in [1.54, 1.807) is 17.5 Å². The molecule has 98 valence electrons. The van der Waals surface area contributed by atoms with Crippen LogP contribution >= 0.6 is 11.3 Å². The first-order chi connectivity index (χ1) is 9.24. The highest BCUT2D eigenvalue weighted by atomic mass is 32.1. The molecular weight excluding hydrogens is 260 g/mol. The molecule has 0 aliphatic heterocycles. The molecule has 0 spiro atoms. The molecule has 4 nitrogen and oxygen atoms in total. The summed E-state index contributed by atoms with van der Waals surface area (Å²) in [5, 5.41) is 9.72. The molecule has 1 N–H and O–H groups in total. The van der Waals surface area contributed by atoms with Gasteiger partial charge in [0.2, 0.25) is 0 Å². The Kier molecular flexibility index (Phi) is 3.29. The molecule has 2 heterocycles. The van der Waals surface area contributed by atoms with Gasteiger partial charge < -0.3 is 5.11 Å². The predicted molar refractivity (Wildman–Crippen MR) is 73.3 cm³/mol. The molecule has 0 aromatic carbocycles. The average Bonchev–Trinajstić information content (AvgIpc) is 3.17. The Morgan fingerprint density at radius 1 is 1.42 bits per heavy atom. The van der Waals surface area contributed by atoms with Gasteiger partial charge in [-0.15, -0.1) is 11.3 Å². The molecule has 1 aliphatic rings. The molecular formula is C14H14N2O2S. The smallest absolute Gasteiger partial charge is 0.303 e. The first kappa shape index (κ1) is 12.3. The highest BCUT2D eigenvalue weighted by molar-refractivity contribution is 7.15. The summed E-state index contributed by atoms with van der Waals surface area (Å²) in [5.74, 6) is -0.216. The van der Waals surface area contributed by atoms with E-state index in [1.165, 1.54) is 12.8 Å². The van der Waals surface area contributed by atoms with Gasteiger partial charge in [0.05, 0.1) is 17.8 Å². The maximum atomic E-state index is 10.7. The third-order valence-electron chi connectivity index (χ3n) is 3.14. The zero-order valence-electron chi connectivity index (χ0n) is 10.4. The quantitative estimate of drug-likeness (QED) is 0.910. The van der Waals surface area contributed by atoms with Gasteiger partial charge in [-0.25, -0.2) is 4.98 Å². The third kappa shape index (κ3) is 2.81. The predicted octanol–water partition coefficient (Wildman–Crippen LogP) is 3.10. The van der Waals surface area contributed by atoms with Crippen LogP contribution in [0.4, 0.5) is 0 Å². The molecule has 0 atom stereocenters.